The molecule has 21 heavy (non-hydrogen) atoms. The Kier molecular flexibility index (Phi) is 5.65. The Morgan fingerprint density at radius 2 is 1.86 bits per heavy atom. The molecule has 112 valence electrons. The molecular weight excluding hydrogens is 330 g/mol. The topological polar surface area (TPSA) is 44.5 Å². The van der Waals surface area contributed by atoms with Gasteiger partial charge in [0.05, 0.1) is 0 Å². The number of halogens is 1. The van der Waals surface area contributed by atoms with E-state index in [0.717, 1.165) is 21.5 Å². The first kappa shape index (κ1) is 15.9. The van der Waals surface area contributed by atoms with Crippen molar-refractivity contribution >= 4 is 15.9 Å². The maximum atomic E-state index is 5.98. The van der Waals surface area contributed by atoms with E-state index in [-0.39, 0.29) is 6.04 Å². The molecule has 0 aromatic heterocycles. The van der Waals surface area contributed by atoms with Gasteiger partial charge in [0, 0.05) is 16.1 Å². The summed E-state index contributed by atoms with van der Waals surface area (Å²) in [4.78, 5) is 0. The number of hydrogen-bond acceptors (Lipinski definition) is 3. The summed E-state index contributed by atoms with van der Waals surface area (Å²) >= 11 is 3.41. The second-order valence-electron chi connectivity index (χ2n) is 4.98. The monoisotopic (exact) mass is 349 g/mol. The molecule has 0 saturated carbocycles. The first-order valence-electron chi connectivity index (χ1n) is 6.93. The highest BCUT2D eigenvalue weighted by Crippen LogP contribution is 2.25. The van der Waals surface area contributed by atoms with Crippen molar-refractivity contribution in [1.29, 1.82) is 0 Å². The molecule has 2 aromatic carbocycles. The lowest BCUT2D eigenvalue weighted by Gasteiger charge is -2.15. The molecule has 0 saturated heterocycles. The van der Waals surface area contributed by atoms with Crippen LogP contribution in [0.15, 0.2) is 46.9 Å². The van der Waals surface area contributed by atoms with E-state index in [0.29, 0.717) is 13.2 Å². The van der Waals surface area contributed by atoms with Crippen LogP contribution in [0.3, 0.4) is 0 Å². The smallest absolute Gasteiger partial charge is 0.124 e. The zero-order chi connectivity index (χ0) is 15.2. The fraction of sp³-hybridized carbons (Fsp3) is 0.294. The molecule has 0 fully saturated rings. The number of aryl methyl sites for hydroxylation is 1. The lowest BCUT2D eigenvalue weighted by Crippen LogP contribution is -2.12. The third kappa shape index (κ3) is 4.76. The summed E-state index contributed by atoms with van der Waals surface area (Å²) < 4.78 is 12.4. The summed E-state index contributed by atoms with van der Waals surface area (Å²) in [6.45, 7) is 4.98. The number of hydrogen-bond donors (Lipinski definition) is 1. The van der Waals surface area contributed by atoms with E-state index in [1.807, 2.05) is 50.2 Å². The summed E-state index contributed by atoms with van der Waals surface area (Å²) in [6, 6.07) is 13.8. The zero-order valence-corrected chi connectivity index (χ0v) is 13.9. The van der Waals surface area contributed by atoms with Crippen LogP contribution in [0.25, 0.3) is 0 Å². The second-order valence-corrected chi connectivity index (χ2v) is 5.90. The Bertz CT molecular complexity index is 599. The molecule has 0 amide bonds. The van der Waals surface area contributed by atoms with Crippen molar-refractivity contribution < 1.29 is 9.47 Å². The van der Waals surface area contributed by atoms with Gasteiger partial charge in [0.25, 0.3) is 0 Å². The summed E-state index contributed by atoms with van der Waals surface area (Å²) in [7, 11) is 0. The van der Waals surface area contributed by atoms with Gasteiger partial charge in [0.15, 0.2) is 0 Å². The Morgan fingerprint density at radius 3 is 2.57 bits per heavy atom. The third-order valence-electron chi connectivity index (χ3n) is 3.06. The van der Waals surface area contributed by atoms with E-state index < -0.39 is 0 Å². The standard InChI is InChI=1S/C17H20BrNO2/c1-12-6-7-17(16(10-12)13(2)19)21-9-8-20-15-5-3-4-14(18)11-15/h3-7,10-11,13H,8-9,19H2,1-2H3. The van der Waals surface area contributed by atoms with Gasteiger partial charge in [0.1, 0.15) is 24.7 Å². The van der Waals surface area contributed by atoms with Crippen LogP contribution in [-0.2, 0) is 0 Å². The molecule has 0 heterocycles. The molecule has 3 nitrogen and oxygen atoms in total. The van der Waals surface area contributed by atoms with Crippen LogP contribution in [0.1, 0.15) is 24.1 Å². The Balaban J connectivity index is 1.89. The molecule has 1 unspecified atom stereocenters. The van der Waals surface area contributed by atoms with Crippen molar-refractivity contribution in [1.82, 2.24) is 0 Å². The van der Waals surface area contributed by atoms with Crippen LogP contribution in [0.5, 0.6) is 11.5 Å². The first-order valence-corrected chi connectivity index (χ1v) is 7.73. The van der Waals surface area contributed by atoms with Gasteiger partial charge in [-0.15, -0.1) is 0 Å². The number of nitrogens with two attached hydrogens (primary N) is 1. The SMILES string of the molecule is Cc1ccc(OCCOc2cccc(Br)c2)c(C(C)N)c1. The predicted molar refractivity (Wildman–Crippen MR) is 88.9 cm³/mol. The van der Waals surface area contributed by atoms with Crippen LogP contribution >= 0.6 is 15.9 Å². The highest BCUT2D eigenvalue weighted by Gasteiger charge is 2.08. The van der Waals surface area contributed by atoms with Crippen LogP contribution in [0.4, 0.5) is 0 Å². The van der Waals surface area contributed by atoms with Gasteiger partial charge in [-0.25, -0.2) is 0 Å². The molecular formula is C17H20BrNO2. The van der Waals surface area contributed by atoms with Gasteiger partial charge >= 0.3 is 0 Å². The average molecular weight is 350 g/mol. The number of ether oxygens (including phenoxy) is 2. The molecule has 0 aliphatic rings. The minimum atomic E-state index is -0.0501. The van der Waals surface area contributed by atoms with Crippen LogP contribution in [-0.4, -0.2) is 13.2 Å². The van der Waals surface area contributed by atoms with E-state index in [9.17, 15) is 0 Å². The van der Waals surface area contributed by atoms with E-state index in [4.69, 9.17) is 15.2 Å². The molecule has 2 N–H and O–H groups in total. The van der Waals surface area contributed by atoms with Crippen molar-refractivity contribution in [2.45, 2.75) is 19.9 Å². The van der Waals surface area contributed by atoms with Crippen molar-refractivity contribution in [3.05, 3.63) is 58.1 Å². The van der Waals surface area contributed by atoms with Crippen molar-refractivity contribution in [3.8, 4) is 11.5 Å². The zero-order valence-electron chi connectivity index (χ0n) is 12.3. The second kappa shape index (κ2) is 7.48. The molecule has 0 aliphatic carbocycles. The minimum Gasteiger partial charge on any atom is -0.490 e. The molecule has 1 atom stereocenters. The largest absolute Gasteiger partial charge is 0.490 e. The Labute approximate surface area is 134 Å². The fourth-order valence-corrected chi connectivity index (χ4v) is 2.40. The maximum Gasteiger partial charge on any atom is 0.124 e. The summed E-state index contributed by atoms with van der Waals surface area (Å²) in [5.74, 6) is 1.65. The lowest BCUT2D eigenvalue weighted by molar-refractivity contribution is 0.215. The molecule has 0 radical (unpaired) electrons. The minimum absolute atomic E-state index is 0.0501. The molecule has 2 aromatic rings. The van der Waals surface area contributed by atoms with Gasteiger partial charge < -0.3 is 15.2 Å². The Morgan fingerprint density at radius 1 is 1.10 bits per heavy atom. The molecule has 0 aliphatic heterocycles. The molecule has 0 bridgehead atoms. The summed E-state index contributed by atoms with van der Waals surface area (Å²) in [5.41, 5.74) is 8.18. The van der Waals surface area contributed by atoms with Gasteiger partial charge in [-0.05, 0) is 38.1 Å². The number of benzene rings is 2. The lowest BCUT2D eigenvalue weighted by atomic mass is 10.1. The molecule has 0 spiro atoms. The maximum absolute atomic E-state index is 5.98. The Hall–Kier alpha value is -1.52. The van der Waals surface area contributed by atoms with E-state index in [1.54, 1.807) is 0 Å². The van der Waals surface area contributed by atoms with Gasteiger partial charge in [-0.1, -0.05) is 39.7 Å². The third-order valence-corrected chi connectivity index (χ3v) is 3.55. The van der Waals surface area contributed by atoms with Gasteiger partial charge in [-0.3, -0.25) is 0 Å². The molecule has 4 heteroatoms. The quantitative estimate of drug-likeness (QED) is 0.793. The summed E-state index contributed by atoms with van der Waals surface area (Å²) in [5, 5.41) is 0. The molecule has 2 rings (SSSR count). The van der Waals surface area contributed by atoms with Crippen LogP contribution in [0.2, 0.25) is 0 Å². The summed E-state index contributed by atoms with van der Waals surface area (Å²) in [6.07, 6.45) is 0. The highest BCUT2D eigenvalue weighted by atomic mass is 79.9. The van der Waals surface area contributed by atoms with E-state index in [2.05, 4.69) is 22.0 Å². The fourth-order valence-electron chi connectivity index (χ4n) is 2.02. The van der Waals surface area contributed by atoms with Gasteiger partial charge in [0.2, 0.25) is 0 Å². The van der Waals surface area contributed by atoms with Crippen molar-refractivity contribution in [3.63, 3.8) is 0 Å². The normalized spacial score (nSPS) is 12.0. The first-order chi connectivity index (χ1) is 10.1. The van der Waals surface area contributed by atoms with Crippen LogP contribution in [0, 0.1) is 6.92 Å². The van der Waals surface area contributed by atoms with Crippen molar-refractivity contribution in [2.75, 3.05) is 13.2 Å². The number of rotatable bonds is 6. The highest BCUT2D eigenvalue weighted by molar-refractivity contribution is 9.10. The van der Waals surface area contributed by atoms with Crippen molar-refractivity contribution in [2.24, 2.45) is 5.73 Å². The van der Waals surface area contributed by atoms with E-state index in [1.165, 1.54) is 5.56 Å². The van der Waals surface area contributed by atoms with Gasteiger partial charge in [-0.2, -0.15) is 0 Å². The average Bonchev–Trinajstić information content (AvgIpc) is 2.44. The van der Waals surface area contributed by atoms with Crippen LogP contribution < -0.4 is 15.2 Å². The van der Waals surface area contributed by atoms with E-state index >= 15 is 0 Å². The predicted octanol–water partition coefficient (Wildman–Crippen LogP) is 4.24.